The first kappa shape index (κ1) is 18.7. The number of benzene rings is 4. The molecule has 0 aliphatic carbocycles. The highest BCUT2D eigenvalue weighted by molar-refractivity contribution is 8.09. The predicted octanol–water partition coefficient (Wildman–Crippen LogP) is 8.13. The summed E-state index contributed by atoms with van der Waals surface area (Å²) in [5.74, 6) is 0. The highest BCUT2D eigenvalue weighted by Crippen LogP contribution is 2.54. The molecule has 0 fully saturated rings. The Balaban J connectivity index is 1.79. The van der Waals surface area contributed by atoms with Gasteiger partial charge in [0.1, 0.15) is 0 Å². The van der Waals surface area contributed by atoms with Crippen molar-refractivity contribution in [2.75, 3.05) is 0 Å². The quantitative estimate of drug-likeness (QED) is 0.332. The second-order valence-corrected chi connectivity index (χ2v) is 8.49. The molecule has 0 saturated carbocycles. The van der Waals surface area contributed by atoms with Gasteiger partial charge in [-0.1, -0.05) is 121 Å². The van der Waals surface area contributed by atoms with E-state index in [0.29, 0.717) is 0 Å². The molecule has 0 nitrogen and oxygen atoms in total. The van der Waals surface area contributed by atoms with Crippen LogP contribution in [0, 0.1) is 0 Å². The summed E-state index contributed by atoms with van der Waals surface area (Å²) in [5, 5.41) is 0.226. The van der Waals surface area contributed by atoms with Gasteiger partial charge >= 0.3 is 0 Å². The van der Waals surface area contributed by atoms with E-state index < -0.39 is 0 Å². The average molecular weight is 403 g/mol. The SMILES string of the molecule is C1=C(c2ccccc2)SC(c2ccccc2)C(c2ccccc2)=C1c1ccccc1. The highest BCUT2D eigenvalue weighted by Gasteiger charge is 2.28. The van der Waals surface area contributed by atoms with E-state index in [9.17, 15) is 0 Å². The van der Waals surface area contributed by atoms with Crippen LogP contribution in [0.1, 0.15) is 27.5 Å². The van der Waals surface area contributed by atoms with Gasteiger partial charge in [-0.3, -0.25) is 0 Å². The van der Waals surface area contributed by atoms with Crippen molar-refractivity contribution in [3.8, 4) is 0 Å². The van der Waals surface area contributed by atoms with Crippen LogP contribution < -0.4 is 0 Å². The van der Waals surface area contributed by atoms with E-state index in [1.54, 1.807) is 0 Å². The van der Waals surface area contributed by atoms with Crippen LogP contribution in [0.3, 0.4) is 0 Å². The Morgan fingerprint density at radius 2 is 0.933 bits per heavy atom. The van der Waals surface area contributed by atoms with Crippen molar-refractivity contribution >= 4 is 27.8 Å². The molecular formula is C29H22S. The summed E-state index contributed by atoms with van der Waals surface area (Å²) in [6.45, 7) is 0. The summed E-state index contributed by atoms with van der Waals surface area (Å²) in [4.78, 5) is 1.31. The van der Waals surface area contributed by atoms with Gasteiger partial charge < -0.3 is 0 Å². The van der Waals surface area contributed by atoms with Crippen LogP contribution in [-0.4, -0.2) is 0 Å². The number of thioether (sulfide) groups is 1. The van der Waals surface area contributed by atoms with Crippen molar-refractivity contribution in [3.05, 3.63) is 150 Å². The Labute approximate surface area is 182 Å². The highest BCUT2D eigenvalue weighted by atomic mass is 32.2. The summed E-state index contributed by atoms with van der Waals surface area (Å²) in [6.07, 6.45) is 2.37. The minimum absolute atomic E-state index is 0.226. The van der Waals surface area contributed by atoms with Crippen LogP contribution in [0.5, 0.6) is 0 Å². The zero-order valence-corrected chi connectivity index (χ0v) is 17.4. The van der Waals surface area contributed by atoms with E-state index in [0.717, 1.165) is 0 Å². The molecule has 0 bridgehead atoms. The lowest BCUT2D eigenvalue weighted by Crippen LogP contribution is -2.06. The maximum atomic E-state index is 2.37. The van der Waals surface area contributed by atoms with Crippen molar-refractivity contribution in [2.24, 2.45) is 0 Å². The maximum absolute atomic E-state index is 2.37. The lowest BCUT2D eigenvalue weighted by molar-refractivity contribution is 1.24. The third kappa shape index (κ3) is 3.77. The fourth-order valence-corrected chi connectivity index (χ4v) is 5.35. The third-order valence-corrected chi connectivity index (χ3v) is 6.75. The molecular weight excluding hydrogens is 380 g/mol. The first-order valence-corrected chi connectivity index (χ1v) is 11.1. The van der Waals surface area contributed by atoms with Crippen molar-refractivity contribution in [1.29, 1.82) is 0 Å². The largest absolute Gasteiger partial charge is 0.112 e. The van der Waals surface area contributed by atoms with Crippen LogP contribution in [0.15, 0.2) is 127 Å². The van der Waals surface area contributed by atoms with Gasteiger partial charge in [0.25, 0.3) is 0 Å². The molecule has 4 aromatic rings. The molecule has 1 aliphatic heterocycles. The van der Waals surface area contributed by atoms with Gasteiger partial charge in [0, 0.05) is 4.91 Å². The van der Waals surface area contributed by atoms with Gasteiger partial charge in [0.2, 0.25) is 0 Å². The monoisotopic (exact) mass is 402 g/mol. The Hall–Kier alpha value is -3.29. The van der Waals surface area contributed by atoms with Gasteiger partial charge in [-0.05, 0) is 39.5 Å². The zero-order valence-electron chi connectivity index (χ0n) is 16.6. The standard InChI is InChI=1S/C29H22S/c1-5-13-22(14-6-1)26-21-27(23-15-7-2-8-16-23)30-29(25-19-11-4-12-20-25)28(26)24-17-9-3-10-18-24/h1-21,29H. The molecule has 0 N–H and O–H groups in total. The molecule has 5 rings (SSSR count). The molecule has 0 spiro atoms. The summed E-state index contributed by atoms with van der Waals surface area (Å²) >= 11 is 1.94. The van der Waals surface area contributed by atoms with Crippen molar-refractivity contribution in [3.63, 3.8) is 0 Å². The molecule has 4 aromatic carbocycles. The fraction of sp³-hybridized carbons (Fsp3) is 0.0345. The van der Waals surface area contributed by atoms with Gasteiger partial charge in [0.05, 0.1) is 5.25 Å². The van der Waals surface area contributed by atoms with Crippen LogP contribution in [0.2, 0.25) is 0 Å². The third-order valence-electron chi connectivity index (χ3n) is 5.40. The molecule has 0 aromatic heterocycles. The molecule has 144 valence electrons. The molecule has 1 heteroatoms. The molecule has 1 aliphatic rings. The normalized spacial score (nSPS) is 16.3. The Morgan fingerprint density at radius 1 is 0.467 bits per heavy atom. The van der Waals surface area contributed by atoms with Gasteiger partial charge in [-0.2, -0.15) is 0 Å². The molecule has 0 radical (unpaired) electrons. The van der Waals surface area contributed by atoms with E-state index in [1.165, 1.54) is 38.3 Å². The first-order valence-electron chi connectivity index (χ1n) is 10.2. The second kappa shape index (κ2) is 8.61. The summed E-state index contributed by atoms with van der Waals surface area (Å²) < 4.78 is 0. The first-order chi connectivity index (χ1) is 14.9. The van der Waals surface area contributed by atoms with Crippen LogP contribution in [0.25, 0.3) is 16.1 Å². The van der Waals surface area contributed by atoms with E-state index in [2.05, 4.69) is 127 Å². The summed E-state index contributed by atoms with van der Waals surface area (Å²) in [7, 11) is 0. The minimum Gasteiger partial charge on any atom is -0.112 e. The molecule has 30 heavy (non-hydrogen) atoms. The average Bonchev–Trinajstić information content (AvgIpc) is 2.85. The lowest BCUT2D eigenvalue weighted by atomic mass is 9.88. The van der Waals surface area contributed by atoms with Crippen molar-refractivity contribution in [1.82, 2.24) is 0 Å². The number of hydrogen-bond acceptors (Lipinski definition) is 1. The Morgan fingerprint density at radius 3 is 1.50 bits per heavy atom. The Bertz CT molecular complexity index is 1170. The molecule has 0 saturated heterocycles. The van der Waals surface area contributed by atoms with Crippen LogP contribution in [0.4, 0.5) is 0 Å². The van der Waals surface area contributed by atoms with Gasteiger partial charge in [-0.25, -0.2) is 0 Å². The molecule has 1 heterocycles. The number of hydrogen-bond donors (Lipinski definition) is 0. The predicted molar refractivity (Wildman–Crippen MR) is 131 cm³/mol. The van der Waals surface area contributed by atoms with Crippen LogP contribution in [-0.2, 0) is 0 Å². The van der Waals surface area contributed by atoms with Gasteiger partial charge in [-0.15, -0.1) is 11.8 Å². The molecule has 0 amide bonds. The lowest BCUT2D eigenvalue weighted by Gasteiger charge is -2.29. The maximum Gasteiger partial charge on any atom is 0.0606 e. The second-order valence-electron chi connectivity index (χ2n) is 7.34. The van der Waals surface area contributed by atoms with Crippen LogP contribution >= 0.6 is 11.8 Å². The van der Waals surface area contributed by atoms with E-state index >= 15 is 0 Å². The fourth-order valence-electron chi connectivity index (χ4n) is 3.97. The van der Waals surface area contributed by atoms with Crippen molar-refractivity contribution in [2.45, 2.75) is 5.25 Å². The zero-order chi connectivity index (χ0) is 20.2. The number of allylic oxidation sites excluding steroid dienone is 2. The molecule has 1 unspecified atom stereocenters. The summed E-state index contributed by atoms with van der Waals surface area (Å²) in [5.41, 5.74) is 7.80. The van der Waals surface area contributed by atoms with E-state index in [4.69, 9.17) is 0 Å². The topological polar surface area (TPSA) is 0 Å². The van der Waals surface area contributed by atoms with Gasteiger partial charge in [0.15, 0.2) is 0 Å². The molecule has 1 atom stereocenters. The summed E-state index contributed by atoms with van der Waals surface area (Å²) in [6, 6.07) is 43.2. The Kier molecular flexibility index (Phi) is 5.37. The van der Waals surface area contributed by atoms with Crippen molar-refractivity contribution < 1.29 is 0 Å². The smallest absolute Gasteiger partial charge is 0.0606 e. The van der Waals surface area contributed by atoms with E-state index in [-0.39, 0.29) is 5.25 Å². The van der Waals surface area contributed by atoms with E-state index in [1.807, 2.05) is 11.8 Å². The minimum atomic E-state index is 0.226. The number of rotatable bonds is 4.